The van der Waals surface area contributed by atoms with Crippen molar-refractivity contribution in [2.24, 2.45) is 5.73 Å². The van der Waals surface area contributed by atoms with Crippen molar-refractivity contribution in [2.75, 3.05) is 40.0 Å². The van der Waals surface area contributed by atoms with Gasteiger partial charge >= 0.3 is 0 Å². The van der Waals surface area contributed by atoms with E-state index in [1.54, 1.807) is 0 Å². The Bertz CT molecular complexity index is 211. The lowest BCUT2D eigenvalue weighted by Crippen LogP contribution is -2.51. The van der Waals surface area contributed by atoms with Crippen molar-refractivity contribution in [1.82, 2.24) is 4.90 Å². The highest BCUT2D eigenvalue weighted by atomic mass is 16.5. The third-order valence-electron chi connectivity index (χ3n) is 3.51. The van der Waals surface area contributed by atoms with E-state index in [4.69, 9.17) is 15.2 Å². The van der Waals surface area contributed by atoms with Crippen LogP contribution in [0.25, 0.3) is 0 Å². The monoisotopic (exact) mass is 228 g/mol. The topological polar surface area (TPSA) is 47.7 Å². The van der Waals surface area contributed by atoms with E-state index < -0.39 is 0 Å². The molecule has 2 saturated heterocycles. The van der Waals surface area contributed by atoms with Gasteiger partial charge in [-0.15, -0.1) is 0 Å². The molecule has 2 fully saturated rings. The molecule has 2 aliphatic rings. The van der Waals surface area contributed by atoms with Crippen LogP contribution in [0.1, 0.15) is 25.7 Å². The minimum atomic E-state index is -0.135. The molecule has 2 N–H and O–H groups in total. The van der Waals surface area contributed by atoms with Crippen molar-refractivity contribution in [3.05, 3.63) is 0 Å². The van der Waals surface area contributed by atoms with Gasteiger partial charge in [-0.1, -0.05) is 0 Å². The van der Waals surface area contributed by atoms with Crippen LogP contribution in [0.4, 0.5) is 0 Å². The van der Waals surface area contributed by atoms with Gasteiger partial charge in [0.1, 0.15) is 0 Å². The van der Waals surface area contributed by atoms with Gasteiger partial charge in [0.25, 0.3) is 0 Å². The Morgan fingerprint density at radius 2 is 2.25 bits per heavy atom. The molecular weight excluding hydrogens is 204 g/mol. The van der Waals surface area contributed by atoms with Gasteiger partial charge in [0.05, 0.1) is 18.2 Å². The Balaban J connectivity index is 1.72. The Morgan fingerprint density at radius 1 is 1.38 bits per heavy atom. The molecule has 2 heterocycles. The number of hydrogen-bond donors (Lipinski definition) is 1. The molecule has 0 amide bonds. The van der Waals surface area contributed by atoms with Crippen LogP contribution in [0.5, 0.6) is 0 Å². The van der Waals surface area contributed by atoms with Gasteiger partial charge in [-0.05, 0) is 32.7 Å². The molecule has 0 aromatic rings. The van der Waals surface area contributed by atoms with E-state index in [2.05, 4.69) is 11.9 Å². The maximum atomic E-state index is 6.26. The molecule has 0 radical (unpaired) electrons. The van der Waals surface area contributed by atoms with Gasteiger partial charge in [-0.25, -0.2) is 0 Å². The minimum Gasteiger partial charge on any atom is -0.379 e. The third kappa shape index (κ3) is 3.42. The maximum absolute atomic E-state index is 6.26. The Hall–Kier alpha value is -0.160. The van der Waals surface area contributed by atoms with E-state index >= 15 is 0 Å². The van der Waals surface area contributed by atoms with Crippen LogP contribution < -0.4 is 5.73 Å². The summed E-state index contributed by atoms with van der Waals surface area (Å²) in [7, 11) is 2.13. The van der Waals surface area contributed by atoms with Gasteiger partial charge in [-0.2, -0.15) is 0 Å². The van der Waals surface area contributed by atoms with Gasteiger partial charge in [0, 0.05) is 26.3 Å². The second kappa shape index (κ2) is 5.45. The van der Waals surface area contributed by atoms with Gasteiger partial charge in [-0.3, -0.25) is 0 Å². The predicted octanol–water partition coefficient (Wildman–Crippen LogP) is 0.605. The molecule has 0 spiro atoms. The zero-order valence-corrected chi connectivity index (χ0v) is 10.3. The summed E-state index contributed by atoms with van der Waals surface area (Å²) >= 11 is 0. The smallest absolute Gasteiger partial charge is 0.0701 e. The quantitative estimate of drug-likeness (QED) is 0.765. The Labute approximate surface area is 98.1 Å². The van der Waals surface area contributed by atoms with Crippen molar-refractivity contribution >= 4 is 0 Å². The lowest BCUT2D eigenvalue weighted by Gasteiger charge is -2.32. The largest absolute Gasteiger partial charge is 0.379 e. The second-order valence-corrected chi connectivity index (χ2v) is 5.35. The van der Waals surface area contributed by atoms with Crippen molar-refractivity contribution in [2.45, 2.75) is 37.3 Å². The number of hydrogen-bond acceptors (Lipinski definition) is 4. The molecule has 4 heteroatoms. The van der Waals surface area contributed by atoms with Crippen molar-refractivity contribution < 1.29 is 9.47 Å². The van der Waals surface area contributed by atoms with Gasteiger partial charge in [0.15, 0.2) is 0 Å². The molecule has 2 rings (SSSR count). The van der Waals surface area contributed by atoms with Crippen molar-refractivity contribution in [3.8, 4) is 0 Å². The highest BCUT2D eigenvalue weighted by molar-refractivity contribution is 4.90. The highest BCUT2D eigenvalue weighted by Crippen LogP contribution is 2.18. The maximum Gasteiger partial charge on any atom is 0.0701 e. The number of nitrogens with zero attached hydrogens (tertiary/aromatic N) is 1. The van der Waals surface area contributed by atoms with Crippen LogP contribution in [0.2, 0.25) is 0 Å². The Kier molecular flexibility index (Phi) is 4.19. The average Bonchev–Trinajstić information content (AvgIpc) is 2.66. The molecule has 0 aromatic carbocycles. The summed E-state index contributed by atoms with van der Waals surface area (Å²) in [6.07, 6.45) is 5.09. The fourth-order valence-corrected chi connectivity index (χ4v) is 2.65. The SMILES string of the molecule is CN(CC1CCCCO1)CC1(N)CCOC1. The lowest BCUT2D eigenvalue weighted by atomic mass is 9.99. The normalized spacial score (nSPS) is 35.8. The summed E-state index contributed by atoms with van der Waals surface area (Å²) in [6, 6.07) is 0. The van der Waals surface area contributed by atoms with E-state index in [-0.39, 0.29) is 5.54 Å². The molecule has 2 aliphatic heterocycles. The van der Waals surface area contributed by atoms with Gasteiger partial charge in [0.2, 0.25) is 0 Å². The van der Waals surface area contributed by atoms with E-state index in [0.717, 1.165) is 32.7 Å². The summed E-state index contributed by atoms with van der Waals surface area (Å²) < 4.78 is 11.1. The lowest BCUT2D eigenvalue weighted by molar-refractivity contribution is -0.00460. The van der Waals surface area contributed by atoms with Crippen LogP contribution in [-0.2, 0) is 9.47 Å². The first-order valence-corrected chi connectivity index (χ1v) is 6.35. The number of nitrogens with two attached hydrogens (primary N) is 1. The van der Waals surface area contributed by atoms with Crippen molar-refractivity contribution in [1.29, 1.82) is 0 Å². The molecule has 16 heavy (non-hydrogen) atoms. The first kappa shape index (κ1) is 12.3. The molecule has 2 atom stereocenters. The summed E-state index contributed by atoms with van der Waals surface area (Å²) in [5.74, 6) is 0. The number of likely N-dealkylation sites (N-methyl/N-ethyl adjacent to an activating group) is 1. The second-order valence-electron chi connectivity index (χ2n) is 5.35. The first-order valence-electron chi connectivity index (χ1n) is 6.35. The molecule has 2 unspecified atom stereocenters. The van der Waals surface area contributed by atoms with E-state index in [1.807, 2.05) is 0 Å². The average molecular weight is 228 g/mol. The predicted molar refractivity (Wildman–Crippen MR) is 63.4 cm³/mol. The zero-order valence-electron chi connectivity index (χ0n) is 10.3. The number of rotatable bonds is 4. The summed E-state index contributed by atoms with van der Waals surface area (Å²) in [4.78, 5) is 2.30. The third-order valence-corrected chi connectivity index (χ3v) is 3.51. The van der Waals surface area contributed by atoms with E-state index in [1.165, 1.54) is 19.3 Å². The molecule has 0 aliphatic carbocycles. The number of ether oxygens (including phenoxy) is 2. The molecule has 0 bridgehead atoms. The standard InChI is InChI=1S/C12H24N2O2/c1-14(8-11-4-2-3-6-16-11)9-12(13)5-7-15-10-12/h11H,2-10,13H2,1H3. The van der Waals surface area contributed by atoms with Crippen LogP contribution in [0.15, 0.2) is 0 Å². The fraction of sp³-hybridized carbons (Fsp3) is 1.00. The van der Waals surface area contributed by atoms with Gasteiger partial charge < -0.3 is 20.1 Å². The summed E-state index contributed by atoms with van der Waals surface area (Å²) in [5.41, 5.74) is 6.12. The summed E-state index contributed by atoms with van der Waals surface area (Å²) in [6.45, 7) is 4.34. The van der Waals surface area contributed by atoms with Crippen LogP contribution >= 0.6 is 0 Å². The van der Waals surface area contributed by atoms with E-state index in [0.29, 0.717) is 12.7 Å². The minimum absolute atomic E-state index is 0.135. The molecule has 0 saturated carbocycles. The Morgan fingerprint density at radius 3 is 2.88 bits per heavy atom. The molecule has 0 aromatic heterocycles. The highest BCUT2D eigenvalue weighted by Gasteiger charge is 2.32. The van der Waals surface area contributed by atoms with Crippen molar-refractivity contribution in [3.63, 3.8) is 0 Å². The molecular formula is C12H24N2O2. The first-order chi connectivity index (χ1) is 7.68. The fourth-order valence-electron chi connectivity index (χ4n) is 2.65. The zero-order chi connectivity index (χ0) is 11.4. The molecule has 94 valence electrons. The van der Waals surface area contributed by atoms with Crippen LogP contribution in [0.3, 0.4) is 0 Å². The van der Waals surface area contributed by atoms with E-state index in [9.17, 15) is 0 Å². The van der Waals surface area contributed by atoms with Crippen LogP contribution in [0, 0.1) is 0 Å². The molecule has 4 nitrogen and oxygen atoms in total. The van der Waals surface area contributed by atoms with Crippen LogP contribution in [-0.4, -0.2) is 56.5 Å². The summed E-state index contributed by atoms with van der Waals surface area (Å²) in [5, 5.41) is 0.